The van der Waals surface area contributed by atoms with Crippen LogP contribution in [0.3, 0.4) is 0 Å². The molecule has 1 saturated heterocycles. The maximum atomic E-state index is 5.78. The molecule has 90 valence electrons. The second-order valence-electron chi connectivity index (χ2n) is 4.61. The second-order valence-corrected chi connectivity index (χ2v) is 6.96. The van der Waals surface area contributed by atoms with E-state index in [1.807, 2.05) is 6.92 Å². The lowest BCUT2D eigenvalue weighted by molar-refractivity contribution is 0.657. The van der Waals surface area contributed by atoms with E-state index in [9.17, 15) is 0 Å². The number of nitrogens with zero attached hydrogens (tertiary/aromatic N) is 1. The first-order chi connectivity index (χ1) is 7.74. The first kappa shape index (κ1) is 12.4. The van der Waals surface area contributed by atoms with Gasteiger partial charge in [0, 0.05) is 29.5 Å². The largest absolute Gasteiger partial charge is 0.328 e. The van der Waals surface area contributed by atoms with Crippen LogP contribution in [0, 0.1) is 0 Å². The van der Waals surface area contributed by atoms with Crippen LogP contribution in [-0.4, -0.2) is 22.0 Å². The third-order valence-electron chi connectivity index (χ3n) is 2.81. The Morgan fingerprint density at radius 3 is 3.12 bits per heavy atom. The molecule has 0 spiro atoms. The number of aromatic nitrogens is 1. The number of hydrogen-bond acceptors (Lipinski definition) is 4. The normalized spacial score (nSPS) is 23.2. The molecule has 0 amide bonds. The molecule has 0 aliphatic carbocycles. The molecule has 0 bridgehead atoms. The molecule has 0 aromatic carbocycles. The van der Waals surface area contributed by atoms with E-state index in [-0.39, 0.29) is 6.04 Å². The van der Waals surface area contributed by atoms with Crippen LogP contribution >= 0.6 is 23.1 Å². The Hall–Kier alpha value is -0.0600. The van der Waals surface area contributed by atoms with Gasteiger partial charge in [-0.15, -0.1) is 11.3 Å². The first-order valence-corrected chi connectivity index (χ1v) is 7.97. The summed E-state index contributed by atoms with van der Waals surface area (Å²) < 4.78 is 0. The zero-order valence-corrected chi connectivity index (χ0v) is 11.4. The van der Waals surface area contributed by atoms with Gasteiger partial charge in [0.05, 0.1) is 10.7 Å². The molecule has 1 fully saturated rings. The molecule has 2 unspecified atom stereocenters. The predicted octanol–water partition coefficient (Wildman–Crippen LogP) is 2.86. The van der Waals surface area contributed by atoms with Crippen LogP contribution in [0.15, 0.2) is 5.38 Å². The Morgan fingerprint density at radius 1 is 1.56 bits per heavy atom. The van der Waals surface area contributed by atoms with Gasteiger partial charge < -0.3 is 5.73 Å². The van der Waals surface area contributed by atoms with Crippen LogP contribution in [-0.2, 0) is 12.8 Å². The predicted molar refractivity (Wildman–Crippen MR) is 73.3 cm³/mol. The summed E-state index contributed by atoms with van der Waals surface area (Å²) in [5, 5.41) is 4.28. The first-order valence-electron chi connectivity index (χ1n) is 6.04. The summed E-state index contributed by atoms with van der Waals surface area (Å²) in [6.07, 6.45) is 6.24. The van der Waals surface area contributed by atoms with Crippen LogP contribution in [0.25, 0.3) is 0 Å². The number of hydrogen-bond donors (Lipinski definition) is 1. The van der Waals surface area contributed by atoms with Crippen molar-refractivity contribution >= 4 is 23.1 Å². The zero-order chi connectivity index (χ0) is 11.4. The Kier molecular flexibility index (Phi) is 4.67. The van der Waals surface area contributed by atoms with E-state index in [4.69, 9.17) is 5.73 Å². The highest BCUT2D eigenvalue weighted by Crippen LogP contribution is 2.28. The van der Waals surface area contributed by atoms with Crippen molar-refractivity contribution in [1.82, 2.24) is 4.98 Å². The SMILES string of the molecule is CC(N)Cc1csc(CC2CCCCS2)n1. The van der Waals surface area contributed by atoms with Gasteiger partial charge in [-0.25, -0.2) is 4.98 Å². The van der Waals surface area contributed by atoms with Crippen LogP contribution in [0.4, 0.5) is 0 Å². The lowest BCUT2D eigenvalue weighted by atomic mass is 10.1. The molecule has 2 atom stereocenters. The van der Waals surface area contributed by atoms with Gasteiger partial charge in [-0.3, -0.25) is 0 Å². The molecule has 2 nitrogen and oxygen atoms in total. The van der Waals surface area contributed by atoms with E-state index < -0.39 is 0 Å². The molecular formula is C12H20N2S2. The van der Waals surface area contributed by atoms with Crippen molar-refractivity contribution in [1.29, 1.82) is 0 Å². The fraction of sp³-hybridized carbons (Fsp3) is 0.750. The van der Waals surface area contributed by atoms with Crippen LogP contribution in [0.5, 0.6) is 0 Å². The highest BCUT2D eigenvalue weighted by molar-refractivity contribution is 7.99. The van der Waals surface area contributed by atoms with Crippen molar-refractivity contribution in [3.63, 3.8) is 0 Å². The Balaban J connectivity index is 1.86. The summed E-state index contributed by atoms with van der Waals surface area (Å²) in [6, 6.07) is 0.221. The lowest BCUT2D eigenvalue weighted by Crippen LogP contribution is -2.18. The van der Waals surface area contributed by atoms with Crippen LogP contribution in [0.2, 0.25) is 0 Å². The van der Waals surface area contributed by atoms with E-state index in [0.717, 1.165) is 18.1 Å². The van der Waals surface area contributed by atoms with Gasteiger partial charge in [-0.2, -0.15) is 11.8 Å². The standard InChI is InChI=1S/C12H20N2S2/c1-9(13)6-10-8-16-12(14-10)7-11-4-2-3-5-15-11/h8-9,11H,2-7,13H2,1H3. The fourth-order valence-corrected chi connectivity index (χ4v) is 4.34. The van der Waals surface area contributed by atoms with E-state index in [0.29, 0.717) is 0 Å². The molecule has 1 aromatic rings. The van der Waals surface area contributed by atoms with E-state index in [1.165, 1.54) is 35.7 Å². The van der Waals surface area contributed by atoms with Gasteiger partial charge >= 0.3 is 0 Å². The number of nitrogens with two attached hydrogens (primary N) is 1. The molecule has 0 saturated carbocycles. The van der Waals surface area contributed by atoms with E-state index >= 15 is 0 Å². The summed E-state index contributed by atoms with van der Waals surface area (Å²) >= 11 is 3.93. The molecule has 1 aromatic heterocycles. The van der Waals surface area contributed by atoms with Gasteiger partial charge in [-0.05, 0) is 25.5 Å². The average Bonchev–Trinajstić information content (AvgIpc) is 2.66. The minimum atomic E-state index is 0.221. The van der Waals surface area contributed by atoms with Gasteiger partial charge in [0.1, 0.15) is 0 Å². The smallest absolute Gasteiger partial charge is 0.0939 e. The van der Waals surface area contributed by atoms with Crippen molar-refractivity contribution in [3.05, 3.63) is 16.1 Å². The van der Waals surface area contributed by atoms with Crippen molar-refractivity contribution in [2.75, 3.05) is 5.75 Å². The van der Waals surface area contributed by atoms with Crippen molar-refractivity contribution < 1.29 is 0 Å². The van der Waals surface area contributed by atoms with Crippen LogP contribution in [0.1, 0.15) is 36.9 Å². The maximum absolute atomic E-state index is 5.78. The molecule has 0 radical (unpaired) electrons. The molecular weight excluding hydrogens is 236 g/mol. The molecule has 1 aliphatic heterocycles. The highest BCUT2D eigenvalue weighted by atomic mass is 32.2. The summed E-state index contributed by atoms with van der Waals surface area (Å²) in [7, 11) is 0. The molecule has 2 N–H and O–H groups in total. The maximum Gasteiger partial charge on any atom is 0.0939 e. The lowest BCUT2D eigenvalue weighted by Gasteiger charge is -2.19. The van der Waals surface area contributed by atoms with Gasteiger partial charge in [-0.1, -0.05) is 6.42 Å². The minimum absolute atomic E-state index is 0.221. The summed E-state index contributed by atoms with van der Waals surface area (Å²) in [6.45, 7) is 2.04. The third-order valence-corrected chi connectivity index (χ3v) is 5.12. The number of thiazole rings is 1. The molecule has 4 heteroatoms. The quantitative estimate of drug-likeness (QED) is 0.900. The molecule has 1 aliphatic rings. The summed E-state index contributed by atoms with van der Waals surface area (Å²) in [5.74, 6) is 1.34. The Bertz CT molecular complexity index is 317. The Morgan fingerprint density at radius 2 is 2.44 bits per heavy atom. The third kappa shape index (κ3) is 3.75. The topological polar surface area (TPSA) is 38.9 Å². The fourth-order valence-electron chi connectivity index (χ4n) is 2.03. The minimum Gasteiger partial charge on any atom is -0.328 e. The van der Waals surface area contributed by atoms with Crippen molar-refractivity contribution in [3.8, 4) is 0 Å². The number of rotatable bonds is 4. The second kappa shape index (κ2) is 6.03. The summed E-state index contributed by atoms with van der Waals surface area (Å²) in [4.78, 5) is 4.67. The molecule has 16 heavy (non-hydrogen) atoms. The monoisotopic (exact) mass is 256 g/mol. The molecule has 2 heterocycles. The van der Waals surface area contributed by atoms with Crippen molar-refractivity contribution in [2.45, 2.75) is 50.3 Å². The van der Waals surface area contributed by atoms with E-state index in [2.05, 4.69) is 22.1 Å². The van der Waals surface area contributed by atoms with E-state index in [1.54, 1.807) is 11.3 Å². The van der Waals surface area contributed by atoms with Gasteiger partial charge in [0.15, 0.2) is 0 Å². The Labute approximate surface area is 106 Å². The highest BCUT2D eigenvalue weighted by Gasteiger charge is 2.16. The number of thioether (sulfide) groups is 1. The average molecular weight is 256 g/mol. The van der Waals surface area contributed by atoms with Crippen LogP contribution < -0.4 is 5.73 Å². The van der Waals surface area contributed by atoms with Gasteiger partial charge in [0.25, 0.3) is 0 Å². The van der Waals surface area contributed by atoms with Gasteiger partial charge in [0.2, 0.25) is 0 Å². The zero-order valence-electron chi connectivity index (χ0n) is 9.82. The van der Waals surface area contributed by atoms with Crippen molar-refractivity contribution in [2.24, 2.45) is 5.73 Å². The molecule has 2 rings (SSSR count). The summed E-state index contributed by atoms with van der Waals surface area (Å²) in [5.41, 5.74) is 6.96.